The molecule has 4 rings (SSSR count). The van der Waals surface area contributed by atoms with Crippen LogP contribution in [0.5, 0.6) is 5.75 Å². The van der Waals surface area contributed by atoms with Crippen molar-refractivity contribution < 1.29 is 4.74 Å². The molecule has 144 valence electrons. The van der Waals surface area contributed by atoms with Gasteiger partial charge in [0, 0.05) is 12.3 Å². The monoisotopic (exact) mass is 394 g/mol. The molecule has 0 saturated heterocycles. The highest BCUT2D eigenvalue weighted by molar-refractivity contribution is 7.99. The van der Waals surface area contributed by atoms with Crippen molar-refractivity contribution in [2.75, 3.05) is 12.4 Å². The fourth-order valence-electron chi connectivity index (χ4n) is 3.15. The molecule has 0 atom stereocenters. The van der Waals surface area contributed by atoms with Crippen molar-refractivity contribution >= 4 is 28.4 Å². The van der Waals surface area contributed by atoms with Gasteiger partial charge in [0.25, 0.3) is 5.56 Å². The van der Waals surface area contributed by atoms with E-state index in [9.17, 15) is 4.79 Å². The quantitative estimate of drug-likeness (QED) is 0.334. The summed E-state index contributed by atoms with van der Waals surface area (Å²) in [5.74, 6) is 2.19. The van der Waals surface area contributed by atoms with Crippen molar-refractivity contribution in [3.05, 3.63) is 65.0 Å². The number of aromatic nitrogens is 4. The van der Waals surface area contributed by atoms with Crippen LogP contribution >= 0.6 is 11.8 Å². The van der Waals surface area contributed by atoms with E-state index in [0.717, 1.165) is 35.0 Å². The van der Waals surface area contributed by atoms with E-state index >= 15 is 0 Å². The first-order valence-electron chi connectivity index (χ1n) is 9.47. The minimum Gasteiger partial charge on any atom is -0.493 e. The Hall–Kier alpha value is -2.80. The van der Waals surface area contributed by atoms with Gasteiger partial charge in [-0.15, -0.1) is 10.2 Å². The lowest BCUT2D eigenvalue weighted by atomic mass is 10.2. The van der Waals surface area contributed by atoms with Gasteiger partial charge in [0.15, 0.2) is 5.16 Å². The van der Waals surface area contributed by atoms with Crippen LogP contribution in [0.2, 0.25) is 0 Å². The number of hydrogen-bond donors (Lipinski definition) is 0. The number of unbranched alkanes of at least 4 members (excludes halogenated alkanes) is 1. The second-order valence-corrected chi connectivity index (χ2v) is 7.52. The molecule has 0 radical (unpaired) electrons. The largest absolute Gasteiger partial charge is 0.493 e. The van der Waals surface area contributed by atoms with E-state index in [2.05, 4.69) is 17.1 Å². The predicted octanol–water partition coefficient (Wildman–Crippen LogP) is 4.02. The first-order valence-corrected chi connectivity index (χ1v) is 10.5. The lowest BCUT2D eigenvalue weighted by Crippen LogP contribution is -2.23. The Balaban J connectivity index is 1.64. The molecule has 0 N–H and O–H groups in total. The van der Waals surface area contributed by atoms with Crippen molar-refractivity contribution in [3.8, 4) is 5.75 Å². The van der Waals surface area contributed by atoms with Crippen molar-refractivity contribution in [2.24, 2.45) is 0 Å². The summed E-state index contributed by atoms with van der Waals surface area (Å²) in [6.45, 7) is 3.32. The van der Waals surface area contributed by atoms with Gasteiger partial charge in [-0.2, -0.15) is 0 Å². The van der Waals surface area contributed by atoms with Crippen molar-refractivity contribution in [3.63, 3.8) is 0 Å². The number of rotatable bonds is 8. The summed E-state index contributed by atoms with van der Waals surface area (Å²) in [7, 11) is 0. The van der Waals surface area contributed by atoms with Gasteiger partial charge in [0.05, 0.1) is 17.5 Å². The molecule has 2 aromatic carbocycles. The first-order chi connectivity index (χ1) is 13.8. The highest BCUT2D eigenvalue weighted by atomic mass is 32.2. The minimum absolute atomic E-state index is 0.00656. The normalized spacial score (nSPS) is 11.3. The molecule has 0 aliphatic carbocycles. The second-order valence-electron chi connectivity index (χ2n) is 6.46. The number of hydrogen-bond acceptors (Lipinski definition) is 5. The third-order valence-corrected chi connectivity index (χ3v) is 5.43. The van der Waals surface area contributed by atoms with Crippen LogP contribution in [-0.4, -0.2) is 31.5 Å². The minimum atomic E-state index is -0.00656. The molecule has 0 spiro atoms. The molecule has 28 heavy (non-hydrogen) atoms. The number of nitrogens with zero attached hydrogens (tertiary/aromatic N) is 4. The molecule has 0 unspecified atom stereocenters. The Kier molecular flexibility index (Phi) is 5.62. The van der Waals surface area contributed by atoms with Crippen LogP contribution in [0.4, 0.5) is 0 Å². The summed E-state index contributed by atoms with van der Waals surface area (Å²) in [6.07, 6.45) is 1.94. The lowest BCUT2D eigenvalue weighted by Gasteiger charge is -2.11. The van der Waals surface area contributed by atoms with Crippen LogP contribution in [0, 0.1) is 0 Å². The van der Waals surface area contributed by atoms with Crippen LogP contribution in [0.1, 0.15) is 19.8 Å². The van der Waals surface area contributed by atoms with Gasteiger partial charge < -0.3 is 4.74 Å². The molecule has 0 amide bonds. The highest BCUT2D eigenvalue weighted by Gasteiger charge is 2.16. The maximum atomic E-state index is 12.9. The van der Waals surface area contributed by atoms with E-state index in [-0.39, 0.29) is 5.56 Å². The van der Waals surface area contributed by atoms with E-state index in [4.69, 9.17) is 4.74 Å². The SMILES string of the molecule is CCCCn1c(=O)c2ccccc2n2c(SCCOc3ccccc3)nnc12. The van der Waals surface area contributed by atoms with Crippen molar-refractivity contribution in [2.45, 2.75) is 31.5 Å². The molecule has 4 aromatic rings. The highest BCUT2D eigenvalue weighted by Crippen LogP contribution is 2.22. The third kappa shape index (κ3) is 3.62. The predicted molar refractivity (Wildman–Crippen MR) is 112 cm³/mol. The fourth-order valence-corrected chi connectivity index (χ4v) is 3.91. The summed E-state index contributed by atoms with van der Waals surface area (Å²) in [6, 6.07) is 17.4. The Labute approximate surface area is 167 Å². The van der Waals surface area contributed by atoms with Gasteiger partial charge >= 0.3 is 0 Å². The molecule has 0 fully saturated rings. The molecule has 7 heteroatoms. The standard InChI is InChI=1S/C21H22N4O2S/c1-2-3-13-24-19(26)17-11-7-8-12-18(17)25-20(24)22-23-21(25)28-15-14-27-16-9-5-4-6-10-16/h4-12H,2-3,13-15H2,1H3. The third-order valence-electron chi connectivity index (χ3n) is 4.54. The molecule has 0 bridgehead atoms. The number of fused-ring (bicyclic) bond motifs is 3. The van der Waals surface area contributed by atoms with E-state index in [1.165, 1.54) is 0 Å². The average Bonchev–Trinajstić information content (AvgIpc) is 3.16. The zero-order chi connectivity index (χ0) is 19.3. The van der Waals surface area contributed by atoms with E-state index in [1.54, 1.807) is 16.3 Å². The van der Waals surface area contributed by atoms with Crippen LogP contribution < -0.4 is 10.3 Å². The molecule has 6 nitrogen and oxygen atoms in total. The van der Waals surface area contributed by atoms with Crippen LogP contribution in [0.15, 0.2) is 64.5 Å². The number of ether oxygens (including phenoxy) is 1. The summed E-state index contributed by atoms with van der Waals surface area (Å²) < 4.78 is 9.49. The Morgan fingerprint density at radius 1 is 1.04 bits per heavy atom. The fraction of sp³-hybridized carbons (Fsp3) is 0.286. The Bertz CT molecular complexity index is 1140. The van der Waals surface area contributed by atoms with E-state index in [1.807, 2.05) is 59.0 Å². The van der Waals surface area contributed by atoms with Gasteiger partial charge in [-0.1, -0.05) is 55.4 Å². The molecule has 0 aliphatic rings. The number of para-hydroxylation sites is 2. The van der Waals surface area contributed by atoms with Crippen LogP contribution in [-0.2, 0) is 6.54 Å². The van der Waals surface area contributed by atoms with Gasteiger partial charge in [0.2, 0.25) is 5.78 Å². The molecule has 2 heterocycles. The summed E-state index contributed by atoms with van der Waals surface area (Å²) in [4.78, 5) is 12.9. The van der Waals surface area contributed by atoms with Crippen molar-refractivity contribution in [1.82, 2.24) is 19.2 Å². The molecule has 0 aliphatic heterocycles. The molecular formula is C21H22N4O2S. The molecular weight excluding hydrogens is 372 g/mol. The van der Waals surface area contributed by atoms with E-state index in [0.29, 0.717) is 24.3 Å². The Morgan fingerprint density at radius 3 is 2.64 bits per heavy atom. The Morgan fingerprint density at radius 2 is 1.82 bits per heavy atom. The van der Waals surface area contributed by atoms with Gasteiger partial charge in [-0.05, 0) is 30.7 Å². The van der Waals surface area contributed by atoms with Gasteiger partial charge in [0.1, 0.15) is 5.75 Å². The topological polar surface area (TPSA) is 61.4 Å². The molecule has 0 saturated carbocycles. The maximum Gasteiger partial charge on any atom is 0.262 e. The van der Waals surface area contributed by atoms with Gasteiger partial charge in [-0.3, -0.25) is 13.8 Å². The first kappa shape index (κ1) is 18.6. The molecule has 2 aromatic heterocycles. The zero-order valence-corrected chi connectivity index (χ0v) is 16.6. The summed E-state index contributed by atoms with van der Waals surface area (Å²) >= 11 is 1.58. The number of benzene rings is 2. The smallest absolute Gasteiger partial charge is 0.262 e. The van der Waals surface area contributed by atoms with Crippen LogP contribution in [0.25, 0.3) is 16.7 Å². The number of aryl methyl sites for hydroxylation is 1. The van der Waals surface area contributed by atoms with Gasteiger partial charge in [-0.25, -0.2) is 0 Å². The van der Waals surface area contributed by atoms with E-state index < -0.39 is 0 Å². The summed E-state index contributed by atoms with van der Waals surface area (Å²) in [5.41, 5.74) is 0.833. The lowest BCUT2D eigenvalue weighted by molar-refractivity contribution is 0.344. The average molecular weight is 395 g/mol. The van der Waals surface area contributed by atoms with Crippen molar-refractivity contribution in [1.29, 1.82) is 0 Å². The summed E-state index contributed by atoms with van der Waals surface area (Å²) in [5, 5.41) is 10.2. The maximum absolute atomic E-state index is 12.9. The second kappa shape index (κ2) is 8.48. The van der Waals surface area contributed by atoms with Crippen LogP contribution in [0.3, 0.4) is 0 Å². The zero-order valence-electron chi connectivity index (χ0n) is 15.7. The number of thioether (sulfide) groups is 1.